The van der Waals surface area contributed by atoms with Crippen molar-refractivity contribution in [2.45, 2.75) is 24.3 Å². The molecule has 10 nitrogen and oxygen atoms in total. The number of hydrogen-bond donors (Lipinski definition) is 3. The second-order valence-electron chi connectivity index (χ2n) is 8.23. The molecular formula is C23H26ClN3O7S. The van der Waals surface area contributed by atoms with Crippen LogP contribution in [0.3, 0.4) is 0 Å². The van der Waals surface area contributed by atoms with Gasteiger partial charge in [0.1, 0.15) is 11.2 Å². The molecule has 3 atom stereocenters. The molecule has 2 aromatic rings. The molecule has 0 heterocycles. The lowest BCUT2D eigenvalue weighted by Gasteiger charge is -2.24. The van der Waals surface area contributed by atoms with Gasteiger partial charge >= 0.3 is 5.97 Å². The van der Waals surface area contributed by atoms with Crippen LogP contribution >= 0.6 is 11.6 Å². The van der Waals surface area contributed by atoms with E-state index in [1.54, 1.807) is 31.2 Å². The highest BCUT2D eigenvalue weighted by Crippen LogP contribution is 2.53. The van der Waals surface area contributed by atoms with Crippen molar-refractivity contribution < 1.29 is 32.3 Å². The molecule has 35 heavy (non-hydrogen) atoms. The first-order valence-corrected chi connectivity index (χ1v) is 12.5. The second kappa shape index (κ2) is 10.2. The Labute approximate surface area is 208 Å². The summed E-state index contributed by atoms with van der Waals surface area (Å²) in [6, 6.07) is 9.61. The Bertz CT molecular complexity index is 1270. The molecule has 2 amide bonds. The van der Waals surface area contributed by atoms with Crippen molar-refractivity contribution in [3.63, 3.8) is 0 Å². The van der Waals surface area contributed by atoms with Crippen molar-refractivity contribution in [3.05, 3.63) is 58.6 Å². The van der Waals surface area contributed by atoms with Crippen molar-refractivity contribution in [1.29, 1.82) is 0 Å². The standard InChI is InChI=1S/C23H26ClN3O7S/c1-13-11-23(13,22(30)34-3)21(29)27-18(15-6-4-5-7-19(15)33-2)12-26-20(28)16-10-14(35(25,31)32)8-9-17(16)24/h4-10,13,18H,11-12H2,1-3H3,(H,26,28)(H,27,29)(H2,25,31,32). The number of esters is 1. The summed E-state index contributed by atoms with van der Waals surface area (Å²) < 4.78 is 33.6. The highest BCUT2D eigenvalue weighted by molar-refractivity contribution is 7.89. The van der Waals surface area contributed by atoms with Crippen molar-refractivity contribution in [1.82, 2.24) is 10.6 Å². The first-order chi connectivity index (χ1) is 16.4. The highest BCUT2D eigenvalue weighted by atomic mass is 35.5. The summed E-state index contributed by atoms with van der Waals surface area (Å²) in [5.74, 6) is -1.59. The third-order valence-electron chi connectivity index (χ3n) is 6.06. The Morgan fingerprint density at radius 2 is 1.86 bits per heavy atom. The summed E-state index contributed by atoms with van der Waals surface area (Å²) >= 11 is 6.10. The Kier molecular flexibility index (Phi) is 7.73. The molecule has 0 aliphatic heterocycles. The first kappa shape index (κ1) is 26.5. The molecule has 1 fully saturated rings. The summed E-state index contributed by atoms with van der Waals surface area (Å²) in [5.41, 5.74) is -0.849. The number of ether oxygens (including phenoxy) is 2. The third kappa shape index (κ3) is 5.42. The fraction of sp³-hybridized carbons (Fsp3) is 0.348. The number of rotatable bonds is 9. The topological polar surface area (TPSA) is 154 Å². The molecule has 3 rings (SSSR count). The second-order valence-corrected chi connectivity index (χ2v) is 10.2. The predicted molar refractivity (Wildman–Crippen MR) is 127 cm³/mol. The van der Waals surface area contributed by atoms with Crippen molar-refractivity contribution in [3.8, 4) is 5.75 Å². The molecule has 1 saturated carbocycles. The average Bonchev–Trinajstić information content (AvgIpc) is 3.52. The molecular weight excluding hydrogens is 498 g/mol. The lowest BCUT2D eigenvalue weighted by Crippen LogP contribution is -2.44. The van der Waals surface area contributed by atoms with Crippen LogP contribution in [0.5, 0.6) is 5.75 Å². The number of benzene rings is 2. The van der Waals surface area contributed by atoms with Crippen LogP contribution in [0.15, 0.2) is 47.4 Å². The van der Waals surface area contributed by atoms with E-state index in [0.29, 0.717) is 17.7 Å². The number of para-hydroxylation sites is 1. The summed E-state index contributed by atoms with van der Waals surface area (Å²) in [5, 5.41) is 10.7. The van der Waals surface area contributed by atoms with E-state index in [0.717, 1.165) is 6.07 Å². The van der Waals surface area contributed by atoms with Gasteiger partial charge in [-0.2, -0.15) is 0 Å². The fourth-order valence-corrected chi connectivity index (χ4v) is 4.67. The van der Waals surface area contributed by atoms with E-state index < -0.39 is 39.3 Å². The van der Waals surface area contributed by atoms with Gasteiger partial charge in [0, 0.05) is 12.1 Å². The van der Waals surface area contributed by atoms with Crippen molar-refractivity contribution in [2.75, 3.05) is 20.8 Å². The Morgan fingerprint density at radius 3 is 2.43 bits per heavy atom. The van der Waals surface area contributed by atoms with Crippen molar-refractivity contribution >= 4 is 39.4 Å². The summed E-state index contributed by atoms with van der Waals surface area (Å²) in [6.07, 6.45) is 0.340. The van der Waals surface area contributed by atoms with Gasteiger partial charge in [0.2, 0.25) is 15.9 Å². The normalized spacial score (nSPS) is 19.9. The van der Waals surface area contributed by atoms with Gasteiger partial charge in [-0.25, -0.2) is 13.6 Å². The Morgan fingerprint density at radius 1 is 1.20 bits per heavy atom. The van der Waals surface area contributed by atoms with Crippen LogP contribution in [0.4, 0.5) is 0 Å². The summed E-state index contributed by atoms with van der Waals surface area (Å²) in [7, 11) is -1.37. The van der Waals surface area contributed by atoms with Gasteiger partial charge in [0.25, 0.3) is 5.91 Å². The van der Waals surface area contributed by atoms with E-state index >= 15 is 0 Å². The molecule has 0 bridgehead atoms. The maximum atomic E-state index is 13.2. The molecule has 0 spiro atoms. The quantitative estimate of drug-likeness (QED) is 0.334. The molecule has 1 aliphatic rings. The molecule has 0 radical (unpaired) electrons. The van der Waals surface area contributed by atoms with Crippen LogP contribution in [0.25, 0.3) is 0 Å². The van der Waals surface area contributed by atoms with Gasteiger partial charge in [0.15, 0.2) is 0 Å². The number of carbonyl (C=O) groups is 3. The summed E-state index contributed by atoms with van der Waals surface area (Å²) in [6.45, 7) is 1.66. The number of primary sulfonamides is 1. The van der Waals surface area contributed by atoms with E-state index in [-0.39, 0.29) is 27.9 Å². The highest BCUT2D eigenvalue weighted by Gasteiger charge is 2.64. The predicted octanol–water partition coefficient (Wildman–Crippen LogP) is 1.78. The van der Waals surface area contributed by atoms with Gasteiger partial charge in [-0.15, -0.1) is 0 Å². The van der Waals surface area contributed by atoms with E-state index in [2.05, 4.69) is 10.6 Å². The average molecular weight is 524 g/mol. The Balaban J connectivity index is 1.88. The zero-order valence-electron chi connectivity index (χ0n) is 19.3. The minimum Gasteiger partial charge on any atom is -0.496 e. The van der Waals surface area contributed by atoms with Gasteiger partial charge in [0.05, 0.1) is 35.7 Å². The number of halogens is 1. The molecule has 2 aromatic carbocycles. The minimum atomic E-state index is -4.06. The zero-order chi connectivity index (χ0) is 26.0. The SMILES string of the molecule is COC(=O)C1(C(=O)NC(CNC(=O)c2cc(S(N)(=O)=O)ccc2Cl)c2ccccc2OC)CC1C. The molecule has 188 valence electrons. The van der Waals surface area contributed by atoms with E-state index in [1.165, 1.54) is 26.4 Å². The number of nitrogens with one attached hydrogen (secondary N) is 2. The number of amides is 2. The van der Waals surface area contributed by atoms with Crippen LogP contribution in [-0.4, -0.2) is 47.0 Å². The molecule has 12 heteroatoms. The lowest BCUT2D eigenvalue weighted by molar-refractivity contribution is -0.153. The molecule has 0 saturated heterocycles. The van der Waals surface area contributed by atoms with Crippen LogP contribution < -0.4 is 20.5 Å². The number of methoxy groups -OCH3 is 2. The number of carbonyl (C=O) groups excluding carboxylic acids is 3. The van der Waals surface area contributed by atoms with Crippen LogP contribution in [0, 0.1) is 11.3 Å². The van der Waals surface area contributed by atoms with Gasteiger partial charge in [-0.1, -0.05) is 36.7 Å². The van der Waals surface area contributed by atoms with Crippen LogP contribution in [-0.2, 0) is 24.3 Å². The maximum Gasteiger partial charge on any atom is 0.321 e. The molecule has 4 N–H and O–H groups in total. The van der Waals surface area contributed by atoms with Gasteiger partial charge in [-0.3, -0.25) is 14.4 Å². The monoisotopic (exact) mass is 523 g/mol. The third-order valence-corrected chi connectivity index (χ3v) is 7.30. The van der Waals surface area contributed by atoms with Gasteiger partial charge < -0.3 is 20.1 Å². The van der Waals surface area contributed by atoms with Gasteiger partial charge in [-0.05, 0) is 36.6 Å². The number of nitrogens with two attached hydrogens (primary N) is 1. The number of sulfonamides is 1. The molecule has 1 aliphatic carbocycles. The zero-order valence-corrected chi connectivity index (χ0v) is 20.9. The van der Waals surface area contributed by atoms with E-state index in [9.17, 15) is 22.8 Å². The fourth-order valence-electron chi connectivity index (χ4n) is 3.93. The summed E-state index contributed by atoms with van der Waals surface area (Å²) in [4.78, 5) is 38.1. The maximum absolute atomic E-state index is 13.2. The van der Waals surface area contributed by atoms with Crippen LogP contribution in [0.1, 0.15) is 35.3 Å². The van der Waals surface area contributed by atoms with E-state index in [4.69, 9.17) is 26.2 Å². The Hall–Kier alpha value is -3.15. The lowest BCUT2D eigenvalue weighted by atomic mass is 10.00. The molecule has 0 aromatic heterocycles. The molecule has 3 unspecified atom stereocenters. The van der Waals surface area contributed by atoms with Crippen molar-refractivity contribution in [2.24, 2.45) is 16.5 Å². The minimum absolute atomic E-state index is 0.0178. The van der Waals surface area contributed by atoms with E-state index in [1.807, 2.05) is 0 Å². The smallest absolute Gasteiger partial charge is 0.321 e. The number of hydrogen-bond acceptors (Lipinski definition) is 7. The largest absolute Gasteiger partial charge is 0.496 e. The van der Waals surface area contributed by atoms with Crippen LogP contribution in [0.2, 0.25) is 5.02 Å². The first-order valence-electron chi connectivity index (χ1n) is 10.6.